The summed E-state index contributed by atoms with van der Waals surface area (Å²) in [6.07, 6.45) is 35.2. The third kappa shape index (κ3) is 39.5. The van der Waals surface area contributed by atoms with E-state index in [1.54, 1.807) is 0 Å². The van der Waals surface area contributed by atoms with E-state index in [2.05, 4.69) is 34.6 Å². The summed E-state index contributed by atoms with van der Waals surface area (Å²) in [5, 5.41) is 0. The van der Waals surface area contributed by atoms with E-state index in [-0.39, 0.29) is 31.1 Å². The Bertz CT molecular complexity index is 779. The minimum Gasteiger partial charge on any atom is -0.462 e. The Morgan fingerprint density at radius 2 is 0.647 bits per heavy atom. The zero-order valence-electron chi connectivity index (χ0n) is 34.7. The number of hydrogen-bond donors (Lipinski definition) is 0. The van der Waals surface area contributed by atoms with Gasteiger partial charge in [-0.1, -0.05) is 202 Å². The van der Waals surface area contributed by atoms with E-state index in [0.29, 0.717) is 19.3 Å². The first-order valence-corrected chi connectivity index (χ1v) is 22.2. The molecule has 51 heavy (non-hydrogen) atoms. The molecular weight excluding hydrogens is 636 g/mol. The van der Waals surface area contributed by atoms with Gasteiger partial charge >= 0.3 is 17.9 Å². The predicted octanol–water partition coefficient (Wildman–Crippen LogP) is 13.8. The lowest BCUT2D eigenvalue weighted by Crippen LogP contribution is -2.30. The fourth-order valence-electron chi connectivity index (χ4n) is 6.58. The van der Waals surface area contributed by atoms with E-state index in [1.807, 2.05) is 0 Å². The van der Waals surface area contributed by atoms with Gasteiger partial charge in [0.2, 0.25) is 0 Å². The van der Waals surface area contributed by atoms with E-state index in [1.165, 1.54) is 128 Å². The number of esters is 3. The highest BCUT2D eigenvalue weighted by Gasteiger charge is 2.19. The van der Waals surface area contributed by atoms with Gasteiger partial charge in [0, 0.05) is 19.3 Å². The Morgan fingerprint density at radius 3 is 0.961 bits per heavy atom. The van der Waals surface area contributed by atoms with Crippen LogP contribution in [0, 0.1) is 11.8 Å². The van der Waals surface area contributed by atoms with Gasteiger partial charge in [0.15, 0.2) is 6.10 Å². The monoisotopic (exact) mass is 723 g/mol. The molecule has 0 bridgehead atoms. The lowest BCUT2D eigenvalue weighted by molar-refractivity contribution is -0.167. The van der Waals surface area contributed by atoms with Crippen LogP contribution < -0.4 is 0 Å². The fourth-order valence-corrected chi connectivity index (χ4v) is 6.58. The van der Waals surface area contributed by atoms with Gasteiger partial charge < -0.3 is 14.2 Å². The third-order valence-electron chi connectivity index (χ3n) is 9.97. The van der Waals surface area contributed by atoms with E-state index in [4.69, 9.17) is 14.2 Å². The Hall–Kier alpha value is -1.59. The van der Waals surface area contributed by atoms with Gasteiger partial charge in [0.25, 0.3) is 0 Å². The van der Waals surface area contributed by atoms with Crippen LogP contribution in [0.5, 0.6) is 0 Å². The van der Waals surface area contributed by atoms with Gasteiger partial charge in [-0.05, 0) is 31.1 Å². The van der Waals surface area contributed by atoms with Crippen molar-refractivity contribution in [1.82, 2.24) is 0 Å². The molecule has 0 N–H and O–H groups in total. The highest BCUT2D eigenvalue weighted by molar-refractivity contribution is 5.71. The zero-order valence-corrected chi connectivity index (χ0v) is 34.7. The maximum Gasteiger partial charge on any atom is 0.306 e. The summed E-state index contributed by atoms with van der Waals surface area (Å²) in [5.41, 5.74) is 0. The van der Waals surface area contributed by atoms with Crippen molar-refractivity contribution in [2.45, 2.75) is 246 Å². The summed E-state index contributed by atoms with van der Waals surface area (Å²) >= 11 is 0. The lowest BCUT2D eigenvalue weighted by atomic mass is 10.0. The van der Waals surface area contributed by atoms with Crippen molar-refractivity contribution in [3.8, 4) is 0 Å². The molecule has 0 fully saturated rings. The number of carbonyl (C=O) groups excluding carboxylic acids is 3. The van der Waals surface area contributed by atoms with Crippen LogP contribution in [0.3, 0.4) is 0 Å². The van der Waals surface area contributed by atoms with Gasteiger partial charge in [-0.2, -0.15) is 0 Å². The van der Waals surface area contributed by atoms with Crippen molar-refractivity contribution >= 4 is 17.9 Å². The maximum absolute atomic E-state index is 12.7. The summed E-state index contributed by atoms with van der Waals surface area (Å²) in [4.78, 5) is 37.6. The molecule has 6 heteroatoms. The number of ether oxygens (including phenoxy) is 3. The molecular formula is C45H86O6. The van der Waals surface area contributed by atoms with Crippen LogP contribution in [0.25, 0.3) is 0 Å². The molecule has 0 unspecified atom stereocenters. The van der Waals surface area contributed by atoms with Gasteiger partial charge in [-0.25, -0.2) is 0 Å². The van der Waals surface area contributed by atoms with Gasteiger partial charge in [0.05, 0.1) is 0 Å². The van der Waals surface area contributed by atoms with Crippen molar-refractivity contribution in [3.63, 3.8) is 0 Å². The van der Waals surface area contributed by atoms with Crippen molar-refractivity contribution in [3.05, 3.63) is 0 Å². The zero-order chi connectivity index (χ0) is 37.6. The van der Waals surface area contributed by atoms with Crippen molar-refractivity contribution in [2.24, 2.45) is 11.8 Å². The van der Waals surface area contributed by atoms with Crippen molar-refractivity contribution < 1.29 is 28.6 Å². The molecule has 0 aromatic heterocycles. The van der Waals surface area contributed by atoms with Crippen LogP contribution in [0.2, 0.25) is 0 Å². The Labute approximate surface area is 317 Å². The van der Waals surface area contributed by atoms with Gasteiger partial charge in [-0.15, -0.1) is 0 Å². The van der Waals surface area contributed by atoms with Crippen molar-refractivity contribution in [1.29, 1.82) is 0 Å². The smallest absolute Gasteiger partial charge is 0.306 e. The minimum absolute atomic E-state index is 0.0658. The maximum atomic E-state index is 12.7. The first kappa shape index (κ1) is 49.4. The van der Waals surface area contributed by atoms with Crippen molar-refractivity contribution in [2.75, 3.05) is 13.2 Å². The Balaban J connectivity index is 4.33. The molecule has 0 aliphatic rings. The largest absolute Gasteiger partial charge is 0.462 e. The Morgan fingerprint density at radius 1 is 0.373 bits per heavy atom. The second-order valence-electron chi connectivity index (χ2n) is 16.3. The average Bonchev–Trinajstić information content (AvgIpc) is 3.09. The molecule has 0 heterocycles. The molecule has 0 rings (SSSR count). The normalized spacial score (nSPS) is 12.1. The van der Waals surface area contributed by atoms with Crippen LogP contribution in [0.4, 0.5) is 0 Å². The molecule has 6 nitrogen and oxygen atoms in total. The van der Waals surface area contributed by atoms with Crippen LogP contribution in [-0.4, -0.2) is 37.2 Å². The summed E-state index contributed by atoms with van der Waals surface area (Å²) in [5.74, 6) is 0.733. The van der Waals surface area contributed by atoms with E-state index in [9.17, 15) is 14.4 Å². The quantitative estimate of drug-likeness (QED) is 0.0357. The van der Waals surface area contributed by atoms with Gasteiger partial charge in [-0.3, -0.25) is 14.4 Å². The number of rotatable bonds is 39. The summed E-state index contributed by atoms with van der Waals surface area (Å²) in [6.45, 7) is 11.3. The van der Waals surface area contributed by atoms with Crippen LogP contribution in [0.15, 0.2) is 0 Å². The SMILES string of the molecule is CCCCCCCCCCCCC(=O)OC[C@@H](COC(=O)CCCCCCCCCCCCC(C)C)OC(=O)CCCCCCCCCC(C)C. The number of unbranched alkanes of at least 4 members (excludes halogenated alkanes) is 24. The number of hydrogen-bond acceptors (Lipinski definition) is 6. The molecule has 0 aliphatic heterocycles. The van der Waals surface area contributed by atoms with E-state index in [0.717, 1.165) is 69.6 Å². The highest BCUT2D eigenvalue weighted by Crippen LogP contribution is 2.16. The number of carbonyl (C=O) groups is 3. The molecule has 0 saturated heterocycles. The second kappa shape index (κ2) is 38.1. The molecule has 0 saturated carbocycles. The summed E-state index contributed by atoms with van der Waals surface area (Å²) in [6, 6.07) is 0. The first-order chi connectivity index (χ1) is 24.7. The van der Waals surface area contributed by atoms with E-state index < -0.39 is 6.10 Å². The third-order valence-corrected chi connectivity index (χ3v) is 9.97. The van der Waals surface area contributed by atoms with E-state index >= 15 is 0 Å². The minimum atomic E-state index is -0.760. The molecule has 0 aromatic rings. The standard InChI is InChI=1S/C45H86O6/c1-6-7-8-9-10-11-15-20-25-30-35-43(46)49-38-42(51-45(48)37-32-27-22-17-19-24-29-34-41(4)5)39-50-44(47)36-31-26-21-16-13-12-14-18-23-28-33-40(2)3/h40-42H,6-39H2,1-5H3/t42-/m0/s1. The topological polar surface area (TPSA) is 78.9 Å². The molecule has 0 amide bonds. The van der Waals surface area contributed by atoms with Crippen LogP contribution >= 0.6 is 0 Å². The molecule has 1 atom stereocenters. The van der Waals surface area contributed by atoms with Crippen LogP contribution in [-0.2, 0) is 28.6 Å². The predicted molar refractivity (Wildman–Crippen MR) is 215 cm³/mol. The molecule has 0 radical (unpaired) electrons. The van der Waals surface area contributed by atoms with Crippen LogP contribution in [0.1, 0.15) is 240 Å². The second-order valence-corrected chi connectivity index (χ2v) is 16.3. The highest BCUT2D eigenvalue weighted by atomic mass is 16.6. The lowest BCUT2D eigenvalue weighted by Gasteiger charge is -2.18. The molecule has 302 valence electrons. The molecule has 0 aliphatic carbocycles. The summed E-state index contributed by atoms with van der Waals surface area (Å²) in [7, 11) is 0. The van der Waals surface area contributed by atoms with Gasteiger partial charge in [0.1, 0.15) is 13.2 Å². The Kier molecular flexibility index (Phi) is 37.0. The average molecular weight is 723 g/mol. The summed E-state index contributed by atoms with van der Waals surface area (Å²) < 4.78 is 16.7. The molecule has 0 spiro atoms. The first-order valence-electron chi connectivity index (χ1n) is 22.2. The fraction of sp³-hybridized carbons (Fsp3) is 0.933. The molecule has 0 aromatic carbocycles.